The summed E-state index contributed by atoms with van der Waals surface area (Å²) < 4.78 is 4.98. The Morgan fingerprint density at radius 1 is 1.33 bits per heavy atom. The average Bonchev–Trinajstić information content (AvgIpc) is 2.17. The Bertz CT molecular complexity index is 598. The lowest BCUT2D eigenvalue weighted by molar-refractivity contribution is 0.101. The van der Waals surface area contributed by atoms with Gasteiger partial charge in [0.1, 0.15) is 11.1 Å². The third-order valence-corrected chi connectivity index (χ3v) is 2.21. The lowest BCUT2D eigenvalue weighted by Crippen LogP contribution is -2.15. The maximum absolute atomic E-state index is 11.4. The summed E-state index contributed by atoms with van der Waals surface area (Å²) in [5.41, 5.74) is 5.57. The summed E-state index contributed by atoms with van der Waals surface area (Å²) >= 11 is 0. The van der Waals surface area contributed by atoms with Crippen molar-refractivity contribution in [1.82, 2.24) is 0 Å². The molecule has 1 aromatic heterocycles. The number of hydrogen-bond acceptors (Lipinski definition) is 4. The van der Waals surface area contributed by atoms with Crippen LogP contribution in [0, 0.1) is 0 Å². The van der Waals surface area contributed by atoms with E-state index in [-0.39, 0.29) is 17.0 Å². The number of benzene rings is 1. The Hall–Kier alpha value is -2.10. The molecule has 0 unspecified atom stereocenters. The SMILES string of the molecule is CC(=O)c1c(N)c2ccccc2oc1=O. The van der Waals surface area contributed by atoms with Gasteiger partial charge in [0.15, 0.2) is 5.78 Å². The van der Waals surface area contributed by atoms with Crippen molar-refractivity contribution in [2.24, 2.45) is 0 Å². The van der Waals surface area contributed by atoms with Crippen molar-refractivity contribution < 1.29 is 9.21 Å². The van der Waals surface area contributed by atoms with Crippen LogP contribution in [0.3, 0.4) is 0 Å². The molecule has 0 saturated heterocycles. The second kappa shape index (κ2) is 3.24. The summed E-state index contributed by atoms with van der Waals surface area (Å²) in [7, 11) is 0. The first-order chi connectivity index (χ1) is 7.11. The van der Waals surface area contributed by atoms with E-state index in [0.29, 0.717) is 11.0 Å². The number of nitrogen functional groups attached to an aromatic ring is 1. The molecule has 2 rings (SSSR count). The van der Waals surface area contributed by atoms with Gasteiger partial charge in [-0.2, -0.15) is 0 Å². The van der Waals surface area contributed by atoms with Crippen LogP contribution in [-0.4, -0.2) is 5.78 Å². The van der Waals surface area contributed by atoms with Gasteiger partial charge in [0.2, 0.25) is 0 Å². The molecule has 1 aromatic carbocycles. The van der Waals surface area contributed by atoms with Crippen molar-refractivity contribution in [3.8, 4) is 0 Å². The molecule has 4 heteroatoms. The van der Waals surface area contributed by atoms with Gasteiger partial charge in [-0.05, 0) is 19.1 Å². The average molecular weight is 203 g/mol. The summed E-state index contributed by atoms with van der Waals surface area (Å²) in [6.45, 7) is 1.29. The standard InChI is InChI=1S/C11H9NO3/c1-6(13)9-10(12)7-4-2-3-5-8(7)15-11(9)14/h2-5H,12H2,1H3. The van der Waals surface area contributed by atoms with Gasteiger partial charge in [0.05, 0.1) is 5.69 Å². The van der Waals surface area contributed by atoms with Gasteiger partial charge in [-0.15, -0.1) is 0 Å². The predicted octanol–water partition coefficient (Wildman–Crippen LogP) is 1.58. The molecule has 2 aromatic rings. The second-order valence-electron chi connectivity index (χ2n) is 3.23. The van der Waals surface area contributed by atoms with E-state index < -0.39 is 5.63 Å². The molecule has 1 heterocycles. The van der Waals surface area contributed by atoms with Crippen LogP contribution in [0.4, 0.5) is 5.69 Å². The first kappa shape index (κ1) is 9.45. The van der Waals surface area contributed by atoms with Crippen LogP contribution in [0.2, 0.25) is 0 Å². The van der Waals surface area contributed by atoms with Crippen LogP contribution < -0.4 is 11.4 Å². The number of hydrogen-bond donors (Lipinski definition) is 1. The minimum absolute atomic E-state index is 0.0753. The van der Waals surface area contributed by atoms with Gasteiger partial charge < -0.3 is 10.2 Å². The molecule has 0 amide bonds. The van der Waals surface area contributed by atoms with Crippen molar-refractivity contribution in [2.75, 3.05) is 5.73 Å². The summed E-state index contributed by atoms with van der Waals surface area (Å²) in [6, 6.07) is 6.85. The van der Waals surface area contributed by atoms with Crippen molar-refractivity contribution in [3.63, 3.8) is 0 Å². The summed E-state index contributed by atoms with van der Waals surface area (Å²) in [4.78, 5) is 22.6. The molecular formula is C11H9NO3. The van der Waals surface area contributed by atoms with Crippen molar-refractivity contribution in [2.45, 2.75) is 6.92 Å². The highest BCUT2D eigenvalue weighted by Gasteiger charge is 2.14. The van der Waals surface area contributed by atoms with Crippen LogP contribution >= 0.6 is 0 Å². The number of fused-ring (bicyclic) bond motifs is 1. The van der Waals surface area contributed by atoms with E-state index in [1.165, 1.54) is 6.92 Å². The highest BCUT2D eigenvalue weighted by Crippen LogP contribution is 2.21. The van der Waals surface area contributed by atoms with Crippen LogP contribution in [0.25, 0.3) is 11.0 Å². The normalized spacial score (nSPS) is 10.5. The number of rotatable bonds is 1. The molecule has 2 N–H and O–H groups in total. The summed E-state index contributed by atoms with van der Waals surface area (Å²) in [6.07, 6.45) is 0. The quantitative estimate of drug-likeness (QED) is 0.564. The Morgan fingerprint density at radius 2 is 2.00 bits per heavy atom. The highest BCUT2D eigenvalue weighted by molar-refractivity contribution is 6.05. The molecule has 0 aliphatic rings. The maximum atomic E-state index is 11.4. The molecule has 15 heavy (non-hydrogen) atoms. The van der Waals surface area contributed by atoms with E-state index in [1.807, 2.05) is 0 Å². The number of anilines is 1. The number of Topliss-reactive ketones (excluding diaryl/α,β-unsaturated/α-hetero) is 1. The molecular weight excluding hydrogens is 194 g/mol. The van der Waals surface area contributed by atoms with E-state index in [1.54, 1.807) is 24.3 Å². The van der Waals surface area contributed by atoms with Crippen molar-refractivity contribution >= 4 is 22.4 Å². The number of carbonyl (C=O) groups excluding carboxylic acids is 1. The minimum atomic E-state index is -0.682. The van der Waals surface area contributed by atoms with E-state index in [2.05, 4.69) is 0 Å². The molecule has 0 aliphatic carbocycles. The lowest BCUT2D eigenvalue weighted by atomic mass is 10.1. The second-order valence-corrected chi connectivity index (χ2v) is 3.23. The fourth-order valence-electron chi connectivity index (χ4n) is 1.51. The third kappa shape index (κ3) is 1.40. The molecule has 0 aliphatic heterocycles. The number of para-hydroxylation sites is 1. The van der Waals surface area contributed by atoms with Gasteiger partial charge in [0, 0.05) is 5.39 Å². The number of carbonyl (C=O) groups is 1. The Balaban J connectivity index is 2.97. The smallest absolute Gasteiger partial charge is 0.349 e. The highest BCUT2D eigenvalue weighted by atomic mass is 16.4. The van der Waals surface area contributed by atoms with Gasteiger partial charge in [-0.1, -0.05) is 12.1 Å². The Kier molecular flexibility index (Phi) is 2.04. The first-order valence-corrected chi connectivity index (χ1v) is 4.43. The van der Waals surface area contributed by atoms with Crippen molar-refractivity contribution in [1.29, 1.82) is 0 Å². The molecule has 76 valence electrons. The molecule has 0 bridgehead atoms. The number of nitrogens with two attached hydrogens (primary N) is 1. The van der Waals surface area contributed by atoms with Gasteiger partial charge in [0.25, 0.3) is 0 Å². The topological polar surface area (TPSA) is 73.3 Å². The molecule has 0 fully saturated rings. The van der Waals surface area contributed by atoms with Crippen LogP contribution in [0.1, 0.15) is 17.3 Å². The van der Waals surface area contributed by atoms with E-state index >= 15 is 0 Å². The Labute approximate surface area is 85.3 Å². The van der Waals surface area contributed by atoms with Gasteiger partial charge >= 0.3 is 5.63 Å². The van der Waals surface area contributed by atoms with Crippen LogP contribution in [0.5, 0.6) is 0 Å². The molecule has 0 radical (unpaired) electrons. The van der Waals surface area contributed by atoms with Crippen molar-refractivity contribution in [3.05, 3.63) is 40.2 Å². The molecule has 4 nitrogen and oxygen atoms in total. The predicted molar refractivity (Wildman–Crippen MR) is 56.9 cm³/mol. The van der Waals surface area contributed by atoms with Crippen LogP contribution in [0.15, 0.2) is 33.5 Å². The first-order valence-electron chi connectivity index (χ1n) is 4.43. The monoisotopic (exact) mass is 203 g/mol. The van der Waals surface area contributed by atoms with Gasteiger partial charge in [-0.3, -0.25) is 4.79 Å². The lowest BCUT2D eigenvalue weighted by Gasteiger charge is -2.03. The van der Waals surface area contributed by atoms with E-state index in [4.69, 9.17) is 10.2 Å². The number of ketones is 1. The van der Waals surface area contributed by atoms with Crippen LogP contribution in [-0.2, 0) is 0 Å². The fourth-order valence-corrected chi connectivity index (χ4v) is 1.51. The summed E-state index contributed by atoms with van der Waals surface area (Å²) in [5, 5.41) is 0.585. The molecule has 0 spiro atoms. The third-order valence-electron chi connectivity index (χ3n) is 2.21. The molecule has 0 saturated carbocycles. The van der Waals surface area contributed by atoms with Gasteiger partial charge in [-0.25, -0.2) is 4.79 Å². The van der Waals surface area contributed by atoms with E-state index in [0.717, 1.165) is 0 Å². The minimum Gasteiger partial charge on any atom is -0.422 e. The zero-order valence-electron chi connectivity index (χ0n) is 8.11. The Morgan fingerprint density at radius 3 is 2.67 bits per heavy atom. The zero-order chi connectivity index (χ0) is 11.0. The summed E-state index contributed by atoms with van der Waals surface area (Å²) in [5.74, 6) is -0.382. The fraction of sp³-hybridized carbons (Fsp3) is 0.0909. The largest absolute Gasteiger partial charge is 0.422 e. The maximum Gasteiger partial charge on any atom is 0.349 e. The molecule has 0 atom stereocenters. The van der Waals surface area contributed by atoms with E-state index in [9.17, 15) is 9.59 Å². The zero-order valence-corrected chi connectivity index (χ0v) is 8.11.